The Kier molecular flexibility index (Phi) is 4.69. The van der Waals surface area contributed by atoms with E-state index < -0.39 is 0 Å². The molecule has 2 N–H and O–H groups in total. The third-order valence-electron chi connectivity index (χ3n) is 2.32. The maximum absolute atomic E-state index is 12.0. The van der Waals surface area contributed by atoms with Gasteiger partial charge in [0.15, 0.2) is 0 Å². The summed E-state index contributed by atoms with van der Waals surface area (Å²) in [6, 6.07) is 0. The fourth-order valence-electron chi connectivity index (χ4n) is 1.40. The van der Waals surface area contributed by atoms with Crippen LogP contribution in [0, 0.1) is 0 Å². The van der Waals surface area contributed by atoms with Crippen molar-refractivity contribution >= 4 is 11.7 Å². The van der Waals surface area contributed by atoms with Crippen molar-refractivity contribution in [2.75, 3.05) is 18.8 Å². The van der Waals surface area contributed by atoms with Crippen LogP contribution in [0.4, 0.5) is 5.82 Å². The van der Waals surface area contributed by atoms with E-state index in [0.29, 0.717) is 12.2 Å². The van der Waals surface area contributed by atoms with E-state index in [-0.39, 0.29) is 11.7 Å². The second-order valence-corrected chi connectivity index (χ2v) is 3.57. The molecule has 0 aliphatic carbocycles. The highest BCUT2D eigenvalue weighted by Crippen LogP contribution is 2.04. The van der Waals surface area contributed by atoms with Gasteiger partial charge in [-0.15, -0.1) is 0 Å². The number of anilines is 1. The number of nitrogens with zero attached hydrogens (tertiary/aromatic N) is 3. The summed E-state index contributed by atoms with van der Waals surface area (Å²) in [5.74, 6) is 0.174. The number of hydrogen-bond acceptors (Lipinski definition) is 4. The molecule has 0 aliphatic rings. The average molecular weight is 222 g/mol. The highest BCUT2D eigenvalue weighted by atomic mass is 16.2. The van der Waals surface area contributed by atoms with Gasteiger partial charge in [-0.2, -0.15) is 0 Å². The molecule has 1 heterocycles. The third kappa shape index (κ3) is 3.18. The number of unbranched alkanes of at least 4 members (excludes halogenated alkanes) is 1. The van der Waals surface area contributed by atoms with Crippen LogP contribution in [-0.4, -0.2) is 33.9 Å². The Balaban J connectivity index is 2.74. The Hall–Kier alpha value is -1.65. The Morgan fingerprint density at radius 3 is 2.75 bits per heavy atom. The lowest BCUT2D eigenvalue weighted by molar-refractivity contribution is 0.0756. The summed E-state index contributed by atoms with van der Waals surface area (Å²) in [7, 11) is 0. The van der Waals surface area contributed by atoms with Gasteiger partial charge in [0.1, 0.15) is 11.5 Å². The molecule has 16 heavy (non-hydrogen) atoms. The number of nitrogen functional groups attached to an aromatic ring is 1. The predicted octanol–water partition coefficient (Wildman–Crippen LogP) is 1.32. The molecule has 0 aromatic carbocycles. The topological polar surface area (TPSA) is 72.1 Å². The first-order valence-corrected chi connectivity index (χ1v) is 5.55. The van der Waals surface area contributed by atoms with Crippen LogP contribution in [-0.2, 0) is 0 Å². The van der Waals surface area contributed by atoms with Gasteiger partial charge in [0.25, 0.3) is 5.91 Å². The van der Waals surface area contributed by atoms with E-state index in [9.17, 15) is 4.79 Å². The van der Waals surface area contributed by atoms with Crippen molar-refractivity contribution in [1.29, 1.82) is 0 Å². The second-order valence-electron chi connectivity index (χ2n) is 3.57. The standard InChI is InChI=1S/C11H18N4O/c1-3-5-6-15(4-2)11(16)9-7-13-8-10(12)14-9/h7-8H,3-6H2,1-2H3,(H2,12,14). The first-order valence-electron chi connectivity index (χ1n) is 5.55. The molecule has 1 aromatic rings. The van der Waals surface area contributed by atoms with Gasteiger partial charge in [-0.25, -0.2) is 4.98 Å². The van der Waals surface area contributed by atoms with Gasteiger partial charge in [0.2, 0.25) is 0 Å². The van der Waals surface area contributed by atoms with Gasteiger partial charge in [-0.3, -0.25) is 9.78 Å². The average Bonchev–Trinajstić information content (AvgIpc) is 2.29. The number of rotatable bonds is 5. The Morgan fingerprint density at radius 2 is 2.19 bits per heavy atom. The molecule has 1 amide bonds. The van der Waals surface area contributed by atoms with Crippen molar-refractivity contribution < 1.29 is 4.79 Å². The van der Waals surface area contributed by atoms with E-state index >= 15 is 0 Å². The fourth-order valence-corrected chi connectivity index (χ4v) is 1.40. The summed E-state index contributed by atoms with van der Waals surface area (Å²) < 4.78 is 0. The Labute approximate surface area is 95.7 Å². The molecule has 88 valence electrons. The van der Waals surface area contributed by atoms with E-state index in [1.165, 1.54) is 12.4 Å². The zero-order valence-corrected chi connectivity index (χ0v) is 9.81. The normalized spacial score (nSPS) is 10.1. The van der Waals surface area contributed by atoms with Crippen molar-refractivity contribution in [2.24, 2.45) is 0 Å². The smallest absolute Gasteiger partial charge is 0.274 e. The van der Waals surface area contributed by atoms with Gasteiger partial charge < -0.3 is 10.6 Å². The number of carbonyl (C=O) groups is 1. The first kappa shape index (κ1) is 12.4. The zero-order chi connectivity index (χ0) is 12.0. The third-order valence-corrected chi connectivity index (χ3v) is 2.32. The number of nitrogens with two attached hydrogens (primary N) is 1. The molecule has 0 saturated heterocycles. The SMILES string of the molecule is CCCCN(CC)C(=O)c1cncc(N)n1. The molecule has 0 saturated carbocycles. The molecule has 0 fully saturated rings. The van der Waals surface area contributed by atoms with Crippen LogP contribution in [0.15, 0.2) is 12.4 Å². The predicted molar refractivity (Wildman–Crippen MR) is 62.9 cm³/mol. The lowest BCUT2D eigenvalue weighted by atomic mass is 10.3. The van der Waals surface area contributed by atoms with Crippen LogP contribution in [0.2, 0.25) is 0 Å². The summed E-state index contributed by atoms with van der Waals surface area (Å²) in [4.78, 5) is 21.6. The first-order chi connectivity index (χ1) is 7.69. The minimum absolute atomic E-state index is 0.101. The van der Waals surface area contributed by atoms with Gasteiger partial charge in [-0.05, 0) is 13.3 Å². The lowest BCUT2D eigenvalue weighted by Gasteiger charge is -2.19. The molecule has 1 rings (SSSR count). The van der Waals surface area contributed by atoms with Gasteiger partial charge in [0, 0.05) is 13.1 Å². The molecule has 5 heteroatoms. The van der Waals surface area contributed by atoms with Gasteiger partial charge in [-0.1, -0.05) is 13.3 Å². The molecule has 0 atom stereocenters. The molecule has 0 spiro atoms. The van der Waals surface area contributed by atoms with E-state index in [4.69, 9.17) is 5.73 Å². The summed E-state index contributed by atoms with van der Waals surface area (Å²) in [6.45, 7) is 5.48. The van der Waals surface area contributed by atoms with E-state index in [0.717, 1.165) is 19.4 Å². The van der Waals surface area contributed by atoms with Crippen molar-refractivity contribution in [1.82, 2.24) is 14.9 Å². The van der Waals surface area contributed by atoms with Crippen LogP contribution in [0.3, 0.4) is 0 Å². The van der Waals surface area contributed by atoms with Gasteiger partial charge >= 0.3 is 0 Å². The molecule has 1 aromatic heterocycles. The number of amides is 1. The second kappa shape index (κ2) is 6.05. The molecule has 0 bridgehead atoms. The van der Waals surface area contributed by atoms with Crippen LogP contribution < -0.4 is 5.73 Å². The molecule has 0 unspecified atom stereocenters. The maximum Gasteiger partial charge on any atom is 0.274 e. The van der Waals surface area contributed by atoms with Crippen molar-refractivity contribution in [2.45, 2.75) is 26.7 Å². The van der Waals surface area contributed by atoms with Crippen molar-refractivity contribution in [3.05, 3.63) is 18.1 Å². The lowest BCUT2D eigenvalue weighted by Crippen LogP contribution is -2.32. The van der Waals surface area contributed by atoms with Crippen LogP contribution in [0.25, 0.3) is 0 Å². The molecular formula is C11H18N4O. The van der Waals surface area contributed by atoms with E-state index in [2.05, 4.69) is 16.9 Å². The summed E-state index contributed by atoms with van der Waals surface area (Å²) >= 11 is 0. The molecule has 0 radical (unpaired) electrons. The minimum Gasteiger partial charge on any atom is -0.382 e. The molecule has 5 nitrogen and oxygen atoms in total. The molecular weight excluding hydrogens is 204 g/mol. The molecule has 0 aliphatic heterocycles. The van der Waals surface area contributed by atoms with Gasteiger partial charge in [0.05, 0.1) is 12.4 Å². The number of aromatic nitrogens is 2. The summed E-state index contributed by atoms with van der Waals surface area (Å²) in [5.41, 5.74) is 5.81. The van der Waals surface area contributed by atoms with Crippen LogP contribution in [0.1, 0.15) is 37.2 Å². The Morgan fingerprint density at radius 1 is 1.44 bits per heavy atom. The quantitative estimate of drug-likeness (QED) is 0.815. The van der Waals surface area contributed by atoms with E-state index in [1.54, 1.807) is 4.90 Å². The maximum atomic E-state index is 12.0. The monoisotopic (exact) mass is 222 g/mol. The van der Waals surface area contributed by atoms with Crippen molar-refractivity contribution in [3.63, 3.8) is 0 Å². The van der Waals surface area contributed by atoms with E-state index in [1.807, 2.05) is 6.92 Å². The fraction of sp³-hybridized carbons (Fsp3) is 0.545. The number of hydrogen-bond donors (Lipinski definition) is 1. The summed E-state index contributed by atoms with van der Waals surface area (Å²) in [6.07, 6.45) is 4.94. The largest absolute Gasteiger partial charge is 0.382 e. The highest BCUT2D eigenvalue weighted by molar-refractivity contribution is 5.92. The summed E-state index contributed by atoms with van der Waals surface area (Å²) in [5, 5.41) is 0. The van der Waals surface area contributed by atoms with Crippen molar-refractivity contribution in [3.8, 4) is 0 Å². The Bertz CT molecular complexity index is 354. The highest BCUT2D eigenvalue weighted by Gasteiger charge is 2.15. The zero-order valence-electron chi connectivity index (χ0n) is 9.81. The van der Waals surface area contributed by atoms with Crippen LogP contribution in [0.5, 0.6) is 0 Å². The van der Waals surface area contributed by atoms with Crippen LogP contribution >= 0.6 is 0 Å². The number of carbonyl (C=O) groups excluding carboxylic acids is 1. The minimum atomic E-state index is -0.101.